The highest BCUT2D eigenvalue weighted by Crippen LogP contribution is 2.18. The zero-order valence-corrected chi connectivity index (χ0v) is 15.6. The molecule has 4 rings (SSSR count). The number of nitrogens with one attached hydrogen (secondary N) is 1. The van der Waals surface area contributed by atoms with Crippen LogP contribution < -0.4 is 5.32 Å². The van der Waals surface area contributed by atoms with Gasteiger partial charge in [0, 0.05) is 70.4 Å². The molecule has 3 fully saturated rings. The van der Waals surface area contributed by atoms with Crippen molar-refractivity contribution in [3.05, 3.63) is 34.3 Å². The van der Waals surface area contributed by atoms with Crippen LogP contribution in [0.3, 0.4) is 0 Å². The van der Waals surface area contributed by atoms with E-state index in [0.29, 0.717) is 6.04 Å². The Balaban J connectivity index is 1.54. The average Bonchev–Trinajstić information content (AvgIpc) is 2.58. The summed E-state index contributed by atoms with van der Waals surface area (Å²) in [7, 11) is 3.95. The lowest BCUT2D eigenvalue weighted by molar-refractivity contribution is 0.0152. The van der Waals surface area contributed by atoms with Crippen LogP contribution in [0.2, 0.25) is 0 Å². The Kier molecular flexibility index (Phi) is 5.56. The molecule has 1 unspecified atom stereocenters. The van der Waals surface area contributed by atoms with E-state index in [1.807, 2.05) is 13.1 Å². The van der Waals surface area contributed by atoms with Crippen LogP contribution in [-0.2, 0) is 6.54 Å². The van der Waals surface area contributed by atoms with Crippen LogP contribution in [0.5, 0.6) is 0 Å². The third kappa shape index (κ3) is 4.05. The van der Waals surface area contributed by atoms with Gasteiger partial charge in [0.05, 0.1) is 0 Å². The molecule has 1 atom stereocenters. The third-order valence-electron chi connectivity index (χ3n) is 4.83. The van der Waals surface area contributed by atoms with Crippen LogP contribution in [0.4, 0.5) is 0 Å². The highest BCUT2D eigenvalue weighted by molar-refractivity contribution is 9.10. The summed E-state index contributed by atoms with van der Waals surface area (Å²) in [5.41, 5.74) is 1.27. The second-order valence-electron chi connectivity index (χ2n) is 6.37. The number of hydrogen-bond acceptors (Lipinski definition) is 3. The monoisotopic (exact) mass is 379 g/mol. The SMILES string of the molecule is CN=C(NCC1CN2CCN1CC2)N(C)Cc1ccccc1Br. The Hall–Kier alpha value is -1.11. The summed E-state index contributed by atoms with van der Waals surface area (Å²) in [6.07, 6.45) is 0. The summed E-state index contributed by atoms with van der Waals surface area (Å²) in [6, 6.07) is 8.95. The number of hydrogen-bond donors (Lipinski definition) is 1. The van der Waals surface area contributed by atoms with Crippen LogP contribution in [0.25, 0.3) is 0 Å². The topological polar surface area (TPSA) is 34.1 Å². The summed E-state index contributed by atoms with van der Waals surface area (Å²) in [6.45, 7) is 7.85. The zero-order valence-electron chi connectivity index (χ0n) is 14.0. The smallest absolute Gasteiger partial charge is 0.193 e. The van der Waals surface area contributed by atoms with Gasteiger partial charge in [0.15, 0.2) is 5.96 Å². The summed E-state index contributed by atoms with van der Waals surface area (Å²) in [5.74, 6) is 0.957. The molecule has 0 spiro atoms. The summed E-state index contributed by atoms with van der Waals surface area (Å²) in [5, 5.41) is 3.56. The van der Waals surface area contributed by atoms with E-state index in [0.717, 1.165) is 23.5 Å². The van der Waals surface area contributed by atoms with Gasteiger partial charge in [-0.15, -0.1) is 0 Å². The summed E-state index contributed by atoms with van der Waals surface area (Å²) in [4.78, 5) is 11.8. The van der Waals surface area contributed by atoms with Gasteiger partial charge < -0.3 is 10.2 Å². The van der Waals surface area contributed by atoms with E-state index in [1.165, 1.54) is 38.3 Å². The minimum absolute atomic E-state index is 0.603. The first-order valence-corrected chi connectivity index (χ1v) is 9.08. The predicted octanol–water partition coefficient (Wildman–Crippen LogP) is 1.46. The third-order valence-corrected chi connectivity index (χ3v) is 5.60. The van der Waals surface area contributed by atoms with E-state index in [1.54, 1.807) is 0 Å². The standard InChI is InChI=1S/C17H26BrN5/c1-19-17(21(2)12-14-5-3-4-6-16(14)18)20-11-15-13-22-7-9-23(15)10-8-22/h3-6,15H,7-13H2,1-2H3,(H,19,20). The number of nitrogens with zero attached hydrogens (tertiary/aromatic N) is 4. The predicted molar refractivity (Wildman–Crippen MR) is 98.8 cm³/mol. The minimum atomic E-state index is 0.603. The molecular formula is C17H26BrN5. The van der Waals surface area contributed by atoms with E-state index in [4.69, 9.17) is 0 Å². The van der Waals surface area contributed by atoms with E-state index in [-0.39, 0.29) is 0 Å². The molecule has 0 saturated carbocycles. The number of fused-ring (bicyclic) bond motifs is 3. The van der Waals surface area contributed by atoms with Crippen LogP contribution in [0, 0.1) is 0 Å². The number of piperazine rings is 3. The second kappa shape index (κ2) is 7.64. The maximum Gasteiger partial charge on any atom is 0.193 e. The Morgan fingerprint density at radius 2 is 2.04 bits per heavy atom. The molecule has 0 radical (unpaired) electrons. The van der Waals surface area contributed by atoms with Gasteiger partial charge in [-0.1, -0.05) is 34.1 Å². The normalized spacial score (nSPS) is 27.1. The molecule has 1 N–H and O–H groups in total. The van der Waals surface area contributed by atoms with Crippen molar-refractivity contribution >= 4 is 21.9 Å². The Bertz CT molecular complexity index is 554. The van der Waals surface area contributed by atoms with Crippen LogP contribution in [0.1, 0.15) is 5.56 Å². The van der Waals surface area contributed by atoms with E-state index in [2.05, 4.69) is 66.2 Å². The molecule has 1 aromatic rings. The van der Waals surface area contributed by atoms with Gasteiger partial charge in [-0.3, -0.25) is 14.8 Å². The van der Waals surface area contributed by atoms with Gasteiger partial charge in [-0.25, -0.2) is 0 Å². The maximum absolute atomic E-state index is 4.44. The molecule has 1 aromatic carbocycles. The summed E-state index contributed by atoms with van der Waals surface area (Å²) >= 11 is 3.62. The van der Waals surface area contributed by atoms with Crippen LogP contribution >= 0.6 is 15.9 Å². The fourth-order valence-electron chi connectivity index (χ4n) is 3.47. The molecule has 2 bridgehead atoms. The quantitative estimate of drug-likeness (QED) is 0.634. The largest absolute Gasteiger partial charge is 0.355 e. The molecule has 3 saturated heterocycles. The zero-order chi connectivity index (χ0) is 16.2. The van der Waals surface area contributed by atoms with E-state index in [9.17, 15) is 0 Å². The van der Waals surface area contributed by atoms with Crippen molar-refractivity contribution in [3.8, 4) is 0 Å². The van der Waals surface area contributed by atoms with Crippen molar-refractivity contribution in [2.45, 2.75) is 12.6 Å². The first kappa shape index (κ1) is 16.7. The number of halogens is 1. The lowest BCUT2D eigenvalue weighted by Crippen LogP contribution is -2.63. The Morgan fingerprint density at radius 3 is 2.65 bits per heavy atom. The molecule has 23 heavy (non-hydrogen) atoms. The molecule has 3 aliphatic heterocycles. The first-order chi connectivity index (χ1) is 11.2. The van der Waals surface area contributed by atoms with E-state index < -0.39 is 0 Å². The molecule has 3 heterocycles. The molecule has 126 valence electrons. The summed E-state index contributed by atoms with van der Waals surface area (Å²) < 4.78 is 1.14. The van der Waals surface area contributed by atoms with E-state index >= 15 is 0 Å². The van der Waals surface area contributed by atoms with Gasteiger partial charge in [-0.05, 0) is 11.6 Å². The number of benzene rings is 1. The van der Waals surface area contributed by atoms with Crippen molar-refractivity contribution in [2.24, 2.45) is 4.99 Å². The maximum atomic E-state index is 4.44. The van der Waals surface area contributed by atoms with Crippen molar-refractivity contribution in [1.29, 1.82) is 0 Å². The van der Waals surface area contributed by atoms with Crippen molar-refractivity contribution in [1.82, 2.24) is 20.0 Å². The minimum Gasteiger partial charge on any atom is -0.355 e. The lowest BCUT2D eigenvalue weighted by atomic mass is 10.1. The highest BCUT2D eigenvalue weighted by atomic mass is 79.9. The fraction of sp³-hybridized carbons (Fsp3) is 0.588. The average molecular weight is 380 g/mol. The highest BCUT2D eigenvalue weighted by Gasteiger charge is 2.31. The molecule has 0 aliphatic carbocycles. The van der Waals surface area contributed by atoms with Gasteiger partial charge in [0.1, 0.15) is 0 Å². The lowest BCUT2D eigenvalue weighted by Gasteiger charge is -2.47. The first-order valence-electron chi connectivity index (χ1n) is 8.29. The van der Waals surface area contributed by atoms with Crippen molar-refractivity contribution in [3.63, 3.8) is 0 Å². The fourth-order valence-corrected chi connectivity index (χ4v) is 3.88. The molecular weight excluding hydrogens is 354 g/mol. The van der Waals surface area contributed by atoms with Crippen LogP contribution in [-0.4, -0.2) is 80.1 Å². The molecule has 6 heteroatoms. The van der Waals surface area contributed by atoms with Gasteiger partial charge in [0.2, 0.25) is 0 Å². The van der Waals surface area contributed by atoms with Gasteiger partial charge >= 0.3 is 0 Å². The van der Waals surface area contributed by atoms with Gasteiger partial charge in [-0.2, -0.15) is 0 Å². The van der Waals surface area contributed by atoms with Crippen molar-refractivity contribution < 1.29 is 0 Å². The number of guanidine groups is 1. The van der Waals surface area contributed by atoms with Gasteiger partial charge in [0.25, 0.3) is 0 Å². The number of rotatable bonds is 4. The molecule has 3 aliphatic rings. The second-order valence-corrected chi connectivity index (χ2v) is 7.22. The molecule has 0 aromatic heterocycles. The Morgan fingerprint density at radius 1 is 1.30 bits per heavy atom. The van der Waals surface area contributed by atoms with Crippen LogP contribution in [0.15, 0.2) is 33.7 Å². The van der Waals surface area contributed by atoms with Crippen molar-refractivity contribution in [2.75, 3.05) is 53.4 Å². The number of aliphatic imine (C=N–C) groups is 1. The molecule has 5 nitrogen and oxygen atoms in total. The molecule has 0 amide bonds. The Labute approximate surface area is 147 Å².